The van der Waals surface area contributed by atoms with Gasteiger partial charge in [0, 0.05) is 6.54 Å². The molecule has 1 heterocycles. The average Bonchev–Trinajstić information content (AvgIpc) is 2.86. The van der Waals surface area contributed by atoms with Crippen molar-refractivity contribution in [2.75, 3.05) is 5.73 Å². The first-order chi connectivity index (χ1) is 8.90. The molecule has 19 heavy (non-hydrogen) atoms. The van der Waals surface area contributed by atoms with Gasteiger partial charge in [0.15, 0.2) is 0 Å². The minimum Gasteiger partial charge on any atom is -0.396 e. The van der Waals surface area contributed by atoms with Crippen LogP contribution in [0.15, 0.2) is 33.9 Å². The van der Waals surface area contributed by atoms with Crippen molar-refractivity contribution >= 4 is 27.0 Å². The monoisotopic (exact) mass is 300 g/mol. The number of aryl methyl sites for hydroxylation is 1. The van der Waals surface area contributed by atoms with E-state index in [1.165, 1.54) is 24.3 Å². The smallest absolute Gasteiger partial charge is 0.240 e. The van der Waals surface area contributed by atoms with Gasteiger partial charge in [-0.1, -0.05) is 0 Å². The number of hydrogen-bond donors (Lipinski definition) is 2. The maximum Gasteiger partial charge on any atom is 0.240 e. The average molecular weight is 300 g/mol. The molecule has 0 aliphatic rings. The Morgan fingerprint density at radius 3 is 2.74 bits per heavy atom. The van der Waals surface area contributed by atoms with Crippen LogP contribution in [-0.4, -0.2) is 8.42 Å². The molecule has 0 atom stereocenters. The molecule has 0 radical (unpaired) electrons. The highest BCUT2D eigenvalue weighted by molar-refractivity contribution is 7.89. The fraction of sp³-hybridized carbons (Fsp3) is 0.167. The van der Waals surface area contributed by atoms with Crippen molar-refractivity contribution in [1.82, 2.24) is 4.72 Å². The predicted octanol–water partition coefficient (Wildman–Crippen LogP) is 2.26. The molecule has 0 bridgehead atoms. The molecule has 2 rings (SSSR count). The number of rotatable bonds is 4. The van der Waals surface area contributed by atoms with Crippen molar-refractivity contribution in [2.45, 2.75) is 18.4 Å². The summed E-state index contributed by atoms with van der Waals surface area (Å²) in [6, 6.07) is 4.22. The summed E-state index contributed by atoms with van der Waals surface area (Å²) in [6.07, 6.45) is 0. The zero-order valence-electron chi connectivity index (χ0n) is 10.2. The van der Waals surface area contributed by atoms with Crippen LogP contribution in [0.5, 0.6) is 0 Å². The molecule has 0 fully saturated rings. The Balaban J connectivity index is 2.24. The third kappa shape index (κ3) is 3.12. The summed E-state index contributed by atoms with van der Waals surface area (Å²) in [7, 11) is -3.69. The van der Waals surface area contributed by atoms with Crippen molar-refractivity contribution < 1.29 is 12.8 Å². The van der Waals surface area contributed by atoms with Crippen LogP contribution in [0.2, 0.25) is 0 Å². The van der Waals surface area contributed by atoms with Crippen LogP contribution in [-0.2, 0) is 16.6 Å². The summed E-state index contributed by atoms with van der Waals surface area (Å²) < 4.78 is 39.9. The molecule has 102 valence electrons. The number of hydrogen-bond acceptors (Lipinski definition) is 4. The number of thiophene rings is 1. The van der Waals surface area contributed by atoms with E-state index in [-0.39, 0.29) is 22.7 Å². The first-order valence-corrected chi connectivity index (χ1v) is 7.89. The van der Waals surface area contributed by atoms with E-state index in [2.05, 4.69) is 4.72 Å². The van der Waals surface area contributed by atoms with Crippen molar-refractivity contribution in [1.29, 1.82) is 0 Å². The Hall–Kier alpha value is -1.44. The highest BCUT2D eigenvalue weighted by Gasteiger charge is 2.17. The summed E-state index contributed by atoms with van der Waals surface area (Å²) in [5, 5.41) is 3.72. The first kappa shape index (κ1) is 14.0. The van der Waals surface area contributed by atoms with Crippen molar-refractivity contribution in [3.63, 3.8) is 0 Å². The van der Waals surface area contributed by atoms with Crippen molar-refractivity contribution in [2.24, 2.45) is 0 Å². The lowest BCUT2D eigenvalue weighted by atomic mass is 10.2. The maximum absolute atomic E-state index is 13.4. The summed E-state index contributed by atoms with van der Waals surface area (Å²) in [5.74, 6) is -0.586. The Bertz CT molecular complexity index is 659. The molecule has 0 saturated carbocycles. The van der Waals surface area contributed by atoms with E-state index in [0.717, 1.165) is 11.6 Å². The second-order valence-corrected chi connectivity index (χ2v) is 6.65. The predicted molar refractivity (Wildman–Crippen MR) is 73.9 cm³/mol. The normalized spacial score (nSPS) is 11.7. The van der Waals surface area contributed by atoms with Gasteiger partial charge in [0.2, 0.25) is 10.0 Å². The largest absolute Gasteiger partial charge is 0.396 e. The maximum atomic E-state index is 13.4. The molecule has 7 heteroatoms. The molecular formula is C12H13FN2O2S2. The van der Waals surface area contributed by atoms with Gasteiger partial charge in [-0.2, -0.15) is 11.3 Å². The molecule has 1 aromatic carbocycles. The van der Waals surface area contributed by atoms with Crippen LogP contribution in [0.25, 0.3) is 0 Å². The highest BCUT2D eigenvalue weighted by atomic mass is 32.2. The van der Waals surface area contributed by atoms with Gasteiger partial charge in [-0.05, 0) is 47.0 Å². The molecule has 0 amide bonds. The van der Waals surface area contributed by atoms with Gasteiger partial charge in [-0.3, -0.25) is 0 Å². The lowest BCUT2D eigenvalue weighted by Gasteiger charge is -2.09. The lowest BCUT2D eigenvalue weighted by molar-refractivity contribution is 0.580. The number of sulfonamides is 1. The number of nitrogens with one attached hydrogen (secondary N) is 1. The quantitative estimate of drug-likeness (QED) is 0.851. The Morgan fingerprint density at radius 2 is 2.16 bits per heavy atom. The topological polar surface area (TPSA) is 72.2 Å². The molecular weight excluding hydrogens is 287 g/mol. The van der Waals surface area contributed by atoms with E-state index < -0.39 is 15.8 Å². The second kappa shape index (κ2) is 5.28. The molecule has 1 aromatic heterocycles. The summed E-state index contributed by atoms with van der Waals surface area (Å²) in [6.45, 7) is 1.67. The van der Waals surface area contributed by atoms with Crippen LogP contribution in [0.1, 0.15) is 11.1 Å². The number of anilines is 1. The van der Waals surface area contributed by atoms with Gasteiger partial charge >= 0.3 is 0 Å². The Labute approximate surface area is 115 Å². The third-order valence-corrected chi connectivity index (χ3v) is 4.73. The summed E-state index contributed by atoms with van der Waals surface area (Å²) in [5.41, 5.74) is 6.35. The molecule has 2 aromatic rings. The minimum atomic E-state index is -3.69. The highest BCUT2D eigenvalue weighted by Crippen LogP contribution is 2.21. The standard InChI is InChI=1S/C12H13FN2O2S2/c1-8-4-10(5-11(14)12(8)13)19(16,17)15-6-9-2-3-18-7-9/h2-5,7,15H,6,14H2,1H3. The van der Waals surface area contributed by atoms with E-state index in [0.29, 0.717) is 0 Å². The van der Waals surface area contributed by atoms with Gasteiger partial charge in [-0.15, -0.1) is 0 Å². The molecule has 0 unspecified atom stereocenters. The Morgan fingerprint density at radius 1 is 1.42 bits per heavy atom. The summed E-state index contributed by atoms with van der Waals surface area (Å²) in [4.78, 5) is -0.0286. The first-order valence-electron chi connectivity index (χ1n) is 5.46. The van der Waals surface area contributed by atoms with E-state index in [9.17, 15) is 12.8 Å². The van der Waals surface area contributed by atoms with Crippen LogP contribution in [0.4, 0.5) is 10.1 Å². The van der Waals surface area contributed by atoms with Crippen LogP contribution < -0.4 is 10.5 Å². The number of benzene rings is 1. The number of halogens is 1. The molecule has 3 N–H and O–H groups in total. The van der Waals surface area contributed by atoms with Gasteiger partial charge < -0.3 is 5.73 Å². The van der Waals surface area contributed by atoms with Gasteiger partial charge in [0.25, 0.3) is 0 Å². The minimum absolute atomic E-state index is 0.0286. The second-order valence-electron chi connectivity index (χ2n) is 4.10. The van der Waals surface area contributed by atoms with E-state index in [4.69, 9.17) is 5.73 Å². The molecule has 4 nitrogen and oxygen atoms in total. The zero-order valence-corrected chi connectivity index (χ0v) is 11.8. The Kier molecular flexibility index (Phi) is 3.88. The number of nitrogens with two attached hydrogens (primary N) is 1. The SMILES string of the molecule is Cc1cc(S(=O)(=O)NCc2ccsc2)cc(N)c1F. The van der Waals surface area contributed by atoms with Crippen molar-refractivity contribution in [3.05, 3.63) is 45.9 Å². The van der Waals surface area contributed by atoms with Gasteiger partial charge in [0.1, 0.15) is 5.82 Å². The fourth-order valence-corrected chi connectivity index (χ4v) is 3.38. The van der Waals surface area contributed by atoms with Crippen molar-refractivity contribution in [3.8, 4) is 0 Å². The molecule has 0 aliphatic heterocycles. The number of nitrogen functional groups attached to an aromatic ring is 1. The molecule has 0 spiro atoms. The van der Waals surface area contributed by atoms with Crippen LogP contribution in [0, 0.1) is 12.7 Å². The van der Waals surface area contributed by atoms with Crippen LogP contribution >= 0.6 is 11.3 Å². The lowest BCUT2D eigenvalue weighted by Crippen LogP contribution is -2.23. The zero-order chi connectivity index (χ0) is 14.0. The van der Waals surface area contributed by atoms with E-state index in [1.54, 1.807) is 0 Å². The van der Waals surface area contributed by atoms with E-state index in [1.807, 2.05) is 16.8 Å². The van der Waals surface area contributed by atoms with Gasteiger partial charge in [0.05, 0.1) is 10.6 Å². The fourth-order valence-electron chi connectivity index (χ4n) is 1.57. The van der Waals surface area contributed by atoms with E-state index >= 15 is 0 Å². The molecule has 0 aliphatic carbocycles. The molecule has 0 saturated heterocycles. The van der Waals surface area contributed by atoms with Gasteiger partial charge in [-0.25, -0.2) is 17.5 Å². The van der Waals surface area contributed by atoms with Crippen LogP contribution in [0.3, 0.4) is 0 Å². The third-order valence-electron chi connectivity index (χ3n) is 2.61. The summed E-state index contributed by atoms with van der Waals surface area (Å²) >= 11 is 1.49.